The largest absolute Gasteiger partial charge is 0.311 e. The molecule has 1 atom stereocenters. The zero-order chi connectivity index (χ0) is 40.3. The van der Waals surface area contributed by atoms with E-state index >= 15 is 0 Å². The van der Waals surface area contributed by atoms with Gasteiger partial charge in [0.05, 0.1) is 11.1 Å². The van der Waals surface area contributed by atoms with Gasteiger partial charge in [-0.2, -0.15) is 0 Å². The van der Waals surface area contributed by atoms with Gasteiger partial charge in [0, 0.05) is 34.0 Å². The van der Waals surface area contributed by atoms with E-state index in [0.717, 1.165) is 39.7 Å². The van der Waals surface area contributed by atoms with Crippen molar-refractivity contribution in [3.8, 4) is 33.4 Å². The van der Waals surface area contributed by atoms with Gasteiger partial charge >= 0.3 is 0 Å². The molecule has 0 bridgehead atoms. The summed E-state index contributed by atoms with van der Waals surface area (Å²) in [6.45, 7) is 0. The van der Waals surface area contributed by atoms with Crippen LogP contribution in [0.3, 0.4) is 0 Å². The maximum atomic E-state index is 2.51. The standard InChI is InChI=1S/C59H40N2/c1-5-21-45(22-6-1)60(46-23-7-2-8-24-46)49-35-33-41(34-36-49)44-39-56-58(57(40-44)61(47-25-9-3-10-26-47)48-27-11-4-12-28-48)51-30-16-18-32-54(51)59(56)53-31-17-15-29-50(53)52-37-42-19-13-14-20-43(42)38-55(52)59/h1-40H. The molecule has 0 aliphatic heterocycles. The molecule has 10 aromatic carbocycles. The van der Waals surface area contributed by atoms with E-state index in [1.807, 2.05) is 0 Å². The molecule has 2 aliphatic rings. The highest BCUT2D eigenvalue weighted by atomic mass is 15.1. The second-order valence-electron chi connectivity index (χ2n) is 16.1. The first-order valence-corrected chi connectivity index (χ1v) is 21.1. The number of fused-ring (bicyclic) bond motifs is 11. The van der Waals surface area contributed by atoms with E-state index in [-0.39, 0.29) is 0 Å². The summed E-state index contributed by atoms with van der Waals surface area (Å²) in [6.07, 6.45) is 0. The minimum Gasteiger partial charge on any atom is -0.311 e. The maximum absolute atomic E-state index is 2.51. The van der Waals surface area contributed by atoms with Crippen molar-refractivity contribution in [2.45, 2.75) is 5.41 Å². The van der Waals surface area contributed by atoms with Crippen molar-refractivity contribution < 1.29 is 0 Å². The maximum Gasteiger partial charge on any atom is 0.0726 e. The van der Waals surface area contributed by atoms with Gasteiger partial charge in [0.2, 0.25) is 0 Å². The number of para-hydroxylation sites is 4. The zero-order valence-electron chi connectivity index (χ0n) is 33.5. The summed E-state index contributed by atoms with van der Waals surface area (Å²) in [7, 11) is 0. The van der Waals surface area contributed by atoms with Crippen molar-refractivity contribution in [2.75, 3.05) is 9.80 Å². The Morgan fingerprint density at radius 3 is 1.28 bits per heavy atom. The van der Waals surface area contributed by atoms with Crippen LogP contribution in [0.25, 0.3) is 44.2 Å². The van der Waals surface area contributed by atoms with Gasteiger partial charge in [-0.15, -0.1) is 0 Å². The molecule has 2 aliphatic carbocycles. The summed E-state index contributed by atoms with van der Waals surface area (Å²) in [5, 5.41) is 2.51. The van der Waals surface area contributed by atoms with Crippen molar-refractivity contribution in [3.05, 3.63) is 265 Å². The average Bonchev–Trinajstić information content (AvgIpc) is 3.79. The zero-order valence-corrected chi connectivity index (χ0v) is 33.5. The second-order valence-corrected chi connectivity index (χ2v) is 16.1. The van der Waals surface area contributed by atoms with E-state index in [1.165, 1.54) is 60.8 Å². The fraction of sp³-hybridized carbons (Fsp3) is 0.0169. The summed E-state index contributed by atoms with van der Waals surface area (Å²) in [6, 6.07) is 89.0. The van der Waals surface area contributed by atoms with Crippen molar-refractivity contribution in [3.63, 3.8) is 0 Å². The minimum absolute atomic E-state index is 0.539. The third kappa shape index (κ3) is 5.43. The lowest BCUT2D eigenvalue weighted by Crippen LogP contribution is -2.26. The molecule has 10 aromatic rings. The molecular weight excluding hydrogens is 737 g/mol. The molecule has 286 valence electrons. The van der Waals surface area contributed by atoms with Gasteiger partial charge in [0.15, 0.2) is 0 Å². The predicted octanol–water partition coefficient (Wildman–Crippen LogP) is 15.8. The molecule has 0 saturated heterocycles. The van der Waals surface area contributed by atoms with Crippen LogP contribution in [0.4, 0.5) is 34.1 Å². The molecular formula is C59H40N2. The van der Waals surface area contributed by atoms with E-state index in [2.05, 4.69) is 252 Å². The van der Waals surface area contributed by atoms with Crippen molar-refractivity contribution in [2.24, 2.45) is 0 Å². The Balaban J connectivity index is 1.16. The van der Waals surface area contributed by atoms with Gasteiger partial charge in [-0.3, -0.25) is 0 Å². The topological polar surface area (TPSA) is 6.48 Å². The molecule has 0 N–H and O–H groups in total. The molecule has 0 amide bonds. The fourth-order valence-corrected chi connectivity index (χ4v) is 10.3. The number of hydrogen-bond acceptors (Lipinski definition) is 2. The third-order valence-corrected chi connectivity index (χ3v) is 12.8. The van der Waals surface area contributed by atoms with E-state index in [9.17, 15) is 0 Å². The quantitative estimate of drug-likeness (QED) is 0.159. The molecule has 2 nitrogen and oxygen atoms in total. The Hall–Kier alpha value is -7.94. The van der Waals surface area contributed by atoms with Crippen molar-refractivity contribution in [1.29, 1.82) is 0 Å². The van der Waals surface area contributed by atoms with E-state index in [1.54, 1.807) is 0 Å². The molecule has 1 spiro atoms. The Morgan fingerprint density at radius 1 is 0.262 bits per heavy atom. The van der Waals surface area contributed by atoms with Gasteiger partial charge in [-0.05, 0) is 146 Å². The first-order chi connectivity index (χ1) is 30.3. The van der Waals surface area contributed by atoms with Crippen molar-refractivity contribution >= 4 is 44.9 Å². The first-order valence-electron chi connectivity index (χ1n) is 21.1. The van der Waals surface area contributed by atoms with E-state index in [4.69, 9.17) is 0 Å². The number of benzene rings is 10. The lowest BCUT2D eigenvalue weighted by molar-refractivity contribution is 0.795. The monoisotopic (exact) mass is 776 g/mol. The van der Waals surface area contributed by atoms with Crippen LogP contribution in [-0.4, -0.2) is 0 Å². The predicted molar refractivity (Wildman–Crippen MR) is 255 cm³/mol. The SMILES string of the molecule is c1ccc(N(c2ccccc2)c2ccc(-c3cc(N(c4ccccc4)c4ccccc4)c4c(c3)C3(c5ccccc5-c5cc6ccccc6cc53)c3ccccc3-4)cc2)cc1. The molecule has 1 unspecified atom stereocenters. The van der Waals surface area contributed by atoms with Crippen LogP contribution in [0.2, 0.25) is 0 Å². The summed E-state index contributed by atoms with van der Waals surface area (Å²) < 4.78 is 0. The Kier molecular flexibility index (Phi) is 8.11. The summed E-state index contributed by atoms with van der Waals surface area (Å²) in [5.41, 5.74) is 18.9. The number of anilines is 6. The van der Waals surface area contributed by atoms with Crippen molar-refractivity contribution in [1.82, 2.24) is 0 Å². The van der Waals surface area contributed by atoms with E-state index < -0.39 is 5.41 Å². The third-order valence-electron chi connectivity index (χ3n) is 12.8. The summed E-state index contributed by atoms with van der Waals surface area (Å²) in [4.78, 5) is 4.79. The highest BCUT2D eigenvalue weighted by Crippen LogP contribution is 2.65. The van der Waals surface area contributed by atoms with Gasteiger partial charge in [-0.1, -0.05) is 158 Å². The van der Waals surface area contributed by atoms with Gasteiger partial charge in [0.1, 0.15) is 0 Å². The summed E-state index contributed by atoms with van der Waals surface area (Å²) in [5.74, 6) is 0. The molecule has 2 heteroatoms. The van der Waals surface area contributed by atoms with Gasteiger partial charge < -0.3 is 9.80 Å². The Bertz CT molecular complexity index is 3150. The summed E-state index contributed by atoms with van der Waals surface area (Å²) >= 11 is 0. The van der Waals surface area contributed by atoms with Gasteiger partial charge in [0.25, 0.3) is 0 Å². The molecule has 61 heavy (non-hydrogen) atoms. The second kappa shape index (κ2) is 14.1. The van der Waals surface area contributed by atoms with Crippen LogP contribution in [0.5, 0.6) is 0 Å². The Labute approximate surface area is 356 Å². The normalized spacial score (nSPS) is 14.3. The lowest BCUT2D eigenvalue weighted by Gasteiger charge is -2.33. The van der Waals surface area contributed by atoms with Gasteiger partial charge in [-0.25, -0.2) is 0 Å². The molecule has 0 fully saturated rings. The van der Waals surface area contributed by atoms with Crippen LogP contribution in [0, 0.1) is 0 Å². The number of hydrogen-bond donors (Lipinski definition) is 0. The Morgan fingerprint density at radius 2 is 0.705 bits per heavy atom. The smallest absolute Gasteiger partial charge is 0.0726 e. The average molecular weight is 777 g/mol. The van der Waals surface area contributed by atoms with Crippen LogP contribution >= 0.6 is 0 Å². The highest BCUT2D eigenvalue weighted by molar-refractivity contribution is 6.04. The van der Waals surface area contributed by atoms with Crippen LogP contribution in [-0.2, 0) is 5.41 Å². The van der Waals surface area contributed by atoms with Crippen LogP contribution in [0.1, 0.15) is 22.3 Å². The number of rotatable bonds is 7. The molecule has 0 aromatic heterocycles. The molecule has 12 rings (SSSR count). The fourth-order valence-electron chi connectivity index (χ4n) is 10.3. The molecule has 0 heterocycles. The minimum atomic E-state index is -0.539. The van der Waals surface area contributed by atoms with E-state index in [0.29, 0.717) is 0 Å². The highest BCUT2D eigenvalue weighted by Gasteiger charge is 2.53. The lowest BCUT2D eigenvalue weighted by atomic mass is 9.70. The first kappa shape index (κ1) is 35.0. The molecule has 0 radical (unpaired) electrons. The molecule has 0 saturated carbocycles. The van der Waals surface area contributed by atoms with Crippen LogP contribution in [0.15, 0.2) is 243 Å². The number of nitrogens with zero attached hydrogens (tertiary/aromatic N) is 2. The van der Waals surface area contributed by atoms with Crippen LogP contribution < -0.4 is 9.80 Å².